The summed E-state index contributed by atoms with van der Waals surface area (Å²) in [6.07, 6.45) is 1.56. The minimum atomic E-state index is -3.05. The minimum absolute atomic E-state index is 0. The largest absolute Gasteiger partial charge is 0.493 e. The Morgan fingerprint density at radius 3 is 2.39 bits per heavy atom. The van der Waals surface area contributed by atoms with E-state index >= 15 is 0 Å². The lowest BCUT2D eigenvalue weighted by Gasteiger charge is -2.30. The third-order valence-corrected chi connectivity index (χ3v) is 4.45. The van der Waals surface area contributed by atoms with E-state index in [9.17, 15) is 13.6 Å². The van der Waals surface area contributed by atoms with Gasteiger partial charge in [-0.1, -0.05) is 6.07 Å². The second-order valence-corrected chi connectivity index (χ2v) is 5.99. The first kappa shape index (κ1) is 21.6. The number of hydrogen-bond donors (Lipinski definition) is 1. The highest BCUT2D eigenvalue weighted by Gasteiger charge is 2.27. The zero-order valence-electron chi connectivity index (χ0n) is 15.4. The van der Waals surface area contributed by atoms with Crippen molar-refractivity contribution in [2.45, 2.75) is 19.5 Å². The van der Waals surface area contributed by atoms with Crippen molar-refractivity contribution in [2.75, 3.05) is 31.4 Å². The molecule has 3 rings (SSSR count). The number of carbonyl (C=O) groups is 1. The standard InChI is InChI=1S/C19H20F2N2O4.ClH/c1-25-15-9-11(10-16(26-2)17(15)27-19(20)21)18(24)23-8-4-5-12-13(22)6-3-7-14(12)23;/h3,6-7,9-10,19H,4-5,8,22H2,1-2H3;1H. The van der Waals surface area contributed by atoms with E-state index in [0.29, 0.717) is 12.2 Å². The molecule has 9 heteroatoms. The Morgan fingerprint density at radius 2 is 1.82 bits per heavy atom. The van der Waals surface area contributed by atoms with E-state index in [1.54, 1.807) is 17.0 Å². The molecule has 1 aliphatic heterocycles. The van der Waals surface area contributed by atoms with Crippen molar-refractivity contribution in [2.24, 2.45) is 0 Å². The zero-order chi connectivity index (χ0) is 19.6. The Hall–Kier alpha value is -2.74. The summed E-state index contributed by atoms with van der Waals surface area (Å²) in [5, 5.41) is 0. The average molecular weight is 415 g/mol. The lowest BCUT2D eigenvalue weighted by molar-refractivity contribution is -0.0526. The summed E-state index contributed by atoms with van der Waals surface area (Å²) in [7, 11) is 2.61. The quantitative estimate of drug-likeness (QED) is 0.751. The molecule has 2 aromatic carbocycles. The number of anilines is 2. The van der Waals surface area contributed by atoms with Crippen LogP contribution >= 0.6 is 12.4 Å². The van der Waals surface area contributed by atoms with E-state index in [4.69, 9.17) is 15.2 Å². The van der Waals surface area contributed by atoms with Gasteiger partial charge in [-0.15, -0.1) is 12.4 Å². The molecular weight excluding hydrogens is 394 g/mol. The van der Waals surface area contributed by atoms with Gasteiger partial charge in [0.1, 0.15) is 0 Å². The molecule has 0 bridgehead atoms. The first-order valence-corrected chi connectivity index (χ1v) is 8.36. The zero-order valence-corrected chi connectivity index (χ0v) is 16.2. The first-order valence-electron chi connectivity index (χ1n) is 8.36. The lowest BCUT2D eigenvalue weighted by Crippen LogP contribution is -2.35. The number of alkyl halides is 2. The van der Waals surface area contributed by atoms with Crippen molar-refractivity contribution in [3.63, 3.8) is 0 Å². The van der Waals surface area contributed by atoms with E-state index in [2.05, 4.69) is 4.74 Å². The average Bonchev–Trinajstić information content (AvgIpc) is 2.67. The highest BCUT2D eigenvalue weighted by atomic mass is 35.5. The molecule has 152 valence electrons. The molecule has 0 spiro atoms. The van der Waals surface area contributed by atoms with Gasteiger partial charge in [0, 0.05) is 23.5 Å². The van der Waals surface area contributed by atoms with E-state index in [-0.39, 0.29) is 41.1 Å². The van der Waals surface area contributed by atoms with Gasteiger partial charge in [-0.05, 0) is 42.7 Å². The summed E-state index contributed by atoms with van der Waals surface area (Å²) >= 11 is 0. The third-order valence-electron chi connectivity index (χ3n) is 4.45. The number of carbonyl (C=O) groups excluding carboxylic acids is 1. The van der Waals surface area contributed by atoms with E-state index in [0.717, 1.165) is 24.1 Å². The topological polar surface area (TPSA) is 74.0 Å². The fraction of sp³-hybridized carbons (Fsp3) is 0.316. The Balaban J connectivity index is 0.00000280. The molecule has 1 aliphatic rings. The Kier molecular flexibility index (Phi) is 6.90. The summed E-state index contributed by atoms with van der Waals surface area (Å²) in [5.41, 5.74) is 8.58. The van der Waals surface area contributed by atoms with Crippen molar-refractivity contribution >= 4 is 29.7 Å². The van der Waals surface area contributed by atoms with Crippen molar-refractivity contribution in [3.8, 4) is 17.2 Å². The number of halogens is 3. The van der Waals surface area contributed by atoms with Crippen molar-refractivity contribution in [1.82, 2.24) is 0 Å². The molecule has 0 aromatic heterocycles. The van der Waals surface area contributed by atoms with Crippen LogP contribution < -0.4 is 24.8 Å². The van der Waals surface area contributed by atoms with Crippen molar-refractivity contribution in [1.29, 1.82) is 0 Å². The Bertz CT molecular complexity index is 839. The van der Waals surface area contributed by atoms with Gasteiger partial charge in [0.05, 0.1) is 14.2 Å². The predicted octanol–water partition coefficient (Wildman–Crippen LogP) is 3.90. The molecule has 0 unspecified atom stereocenters. The monoisotopic (exact) mass is 414 g/mol. The number of fused-ring (bicyclic) bond motifs is 1. The number of amides is 1. The van der Waals surface area contributed by atoms with Crippen LogP contribution in [0, 0.1) is 0 Å². The van der Waals surface area contributed by atoms with Crippen LogP contribution in [-0.2, 0) is 6.42 Å². The van der Waals surface area contributed by atoms with Crippen LogP contribution in [0.15, 0.2) is 30.3 Å². The summed E-state index contributed by atoms with van der Waals surface area (Å²) in [6, 6.07) is 8.16. The Labute approximate surface area is 167 Å². The van der Waals surface area contributed by atoms with Crippen LogP contribution in [0.2, 0.25) is 0 Å². The fourth-order valence-electron chi connectivity index (χ4n) is 3.23. The number of nitrogens with two attached hydrogens (primary N) is 1. The maximum absolute atomic E-state index is 13.1. The number of nitrogens with zero attached hydrogens (tertiary/aromatic N) is 1. The van der Waals surface area contributed by atoms with Crippen LogP contribution in [0.3, 0.4) is 0 Å². The molecule has 0 aliphatic carbocycles. The van der Waals surface area contributed by atoms with Crippen molar-refractivity contribution < 1.29 is 27.8 Å². The number of hydrogen-bond acceptors (Lipinski definition) is 5. The van der Waals surface area contributed by atoms with Gasteiger partial charge in [-0.3, -0.25) is 4.79 Å². The highest BCUT2D eigenvalue weighted by Crippen LogP contribution is 2.40. The van der Waals surface area contributed by atoms with Gasteiger partial charge in [0.15, 0.2) is 11.5 Å². The second-order valence-electron chi connectivity index (χ2n) is 5.99. The number of benzene rings is 2. The predicted molar refractivity (Wildman–Crippen MR) is 104 cm³/mol. The molecule has 2 N–H and O–H groups in total. The maximum atomic E-state index is 13.1. The first-order chi connectivity index (χ1) is 13.0. The third kappa shape index (κ3) is 4.06. The molecule has 0 fully saturated rings. The summed E-state index contributed by atoms with van der Waals surface area (Å²) in [6.45, 7) is -2.53. The maximum Gasteiger partial charge on any atom is 0.387 e. The van der Waals surface area contributed by atoms with Crippen LogP contribution in [0.5, 0.6) is 17.2 Å². The second kappa shape index (κ2) is 8.97. The van der Waals surface area contributed by atoms with E-state index < -0.39 is 6.61 Å². The van der Waals surface area contributed by atoms with Gasteiger partial charge >= 0.3 is 6.61 Å². The van der Waals surface area contributed by atoms with Crippen LogP contribution in [0.1, 0.15) is 22.3 Å². The van der Waals surface area contributed by atoms with Crippen LogP contribution in [0.4, 0.5) is 20.2 Å². The molecular formula is C19H21ClF2N2O4. The van der Waals surface area contributed by atoms with Gasteiger partial charge < -0.3 is 24.8 Å². The van der Waals surface area contributed by atoms with E-state index in [1.165, 1.54) is 26.4 Å². The molecule has 0 saturated carbocycles. The van der Waals surface area contributed by atoms with E-state index in [1.807, 2.05) is 6.07 Å². The summed E-state index contributed by atoms with van der Waals surface area (Å²) in [5.74, 6) is -0.581. The normalized spacial score (nSPS) is 12.8. The SMILES string of the molecule is COc1cc(C(=O)N2CCCc3c(N)cccc32)cc(OC)c1OC(F)F.Cl. The highest BCUT2D eigenvalue weighted by molar-refractivity contribution is 6.07. The number of methoxy groups -OCH3 is 2. The lowest BCUT2D eigenvalue weighted by atomic mass is 9.99. The fourth-order valence-corrected chi connectivity index (χ4v) is 3.23. The van der Waals surface area contributed by atoms with Crippen LogP contribution in [-0.4, -0.2) is 33.3 Å². The minimum Gasteiger partial charge on any atom is -0.493 e. The van der Waals surface area contributed by atoms with Gasteiger partial charge in [0.25, 0.3) is 5.91 Å². The Morgan fingerprint density at radius 1 is 1.18 bits per heavy atom. The van der Waals surface area contributed by atoms with Gasteiger partial charge in [-0.2, -0.15) is 8.78 Å². The van der Waals surface area contributed by atoms with Gasteiger partial charge in [-0.25, -0.2) is 0 Å². The molecule has 0 saturated heterocycles. The number of nitrogen functional groups attached to an aromatic ring is 1. The molecule has 0 atom stereocenters. The number of ether oxygens (including phenoxy) is 3. The summed E-state index contributed by atoms with van der Waals surface area (Å²) < 4.78 is 40.1. The summed E-state index contributed by atoms with van der Waals surface area (Å²) in [4.78, 5) is 14.8. The molecule has 2 aromatic rings. The molecule has 1 heterocycles. The van der Waals surface area contributed by atoms with Crippen LogP contribution in [0.25, 0.3) is 0 Å². The molecule has 0 radical (unpaired) electrons. The van der Waals surface area contributed by atoms with Crippen molar-refractivity contribution in [3.05, 3.63) is 41.5 Å². The van der Waals surface area contributed by atoms with Gasteiger partial charge in [0.2, 0.25) is 5.75 Å². The number of rotatable bonds is 5. The molecule has 6 nitrogen and oxygen atoms in total. The molecule has 1 amide bonds. The molecule has 28 heavy (non-hydrogen) atoms. The smallest absolute Gasteiger partial charge is 0.387 e.